The summed E-state index contributed by atoms with van der Waals surface area (Å²) in [6.45, 7) is 0.962. The Bertz CT molecular complexity index is 1040. The fourth-order valence-corrected chi connectivity index (χ4v) is 5.21. The number of nitrogens with zero attached hydrogens (tertiary/aromatic N) is 1. The van der Waals surface area contributed by atoms with Crippen LogP contribution in [0.4, 0.5) is 5.69 Å². The zero-order valence-corrected chi connectivity index (χ0v) is 18.3. The summed E-state index contributed by atoms with van der Waals surface area (Å²) in [5.41, 5.74) is 0.263. The van der Waals surface area contributed by atoms with E-state index >= 15 is 0 Å². The van der Waals surface area contributed by atoms with Crippen molar-refractivity contribution in [3.05, 3.63) is 51.0 Å². The van der Waals surface area contributed by atoms with E-state index in [0.29, 0.717) is 16.5 Å². The predicted octanol–water partition coefficient (Wildman–Crippen LogP) is 3.93. The summed E-state index contributed by atoms with van der Waals surface area (Å²) < 4.78 is 37.6. The van der Waals surface area contributed by atoms with E-state index in [4.69, 9.17) is 44.3 Å². The van der Waals surface area contributed by atoms with E-state index in [1.54, 1.807) is 12.1 Å². The number of anilines is 1. The molecule has 11 heteroatoms. The van der Waals surface area contributed by atoms with Crippen LogP contribution in [0.25, 0.3) is 0 Å². The van der Waals surface area contributed by atoms with E-state index in [1.165, 1.54) is 29.6 Å². The number of nitrogens with one attached hydrogen (secondary N) is 1. The minimum absolute atomic E-state index is 0.00872. The van der Waals surface area contributed by atoms with Gasteiger partial charge in [-0.05, 0) is 30.3 Å². The van der Waals surface area contributed by atoms with Crippen LogP contribution in [0.1, 0.15) is 10.4 Å². The predicted molar refractivity (Wildman–Crippen MR) is 112 cm³/mol. The van der Waals surface area contributed by atoms with Crippen molar-refractivity contribution in [2.75, 3.05) is 38.7 Å². The lowest BCUT2D eigenvalue weighted by Gasteiger charge is -2.26. The van der Waals surface area contributed by atoms with Crippen molar-refractivity contribution in [2.24, 2.45) is 0 Å². The number of morpholine rings is 1. The number of carbonyl (C=O) groups excluding carboxylic acids is 1. The molecule has 0 bridgehead atoms. The maximum Gasteiger partial charge on any atom is 0.257 e. The zero-order chi connectivity index (χ0) is 21.2. The average Bonchev–Trinajstić information content (AvgIpc) is 2.68. The molecule has 1 aliphatic rings. The monoisotopic (exact) mass is 478 g/mol. The second kappa shape index (κ2) is 9.07. The molecule has 1 heterocycles. The molecule has 0 atom stereocenters. The maximum absolute atomic E-state index is 13.0. The summed E-state index contributed by atoms with van der Waals surface area (Å²) in [6, 6.07) is 7.12. The molecular weight excluding hydrogens is 463 g/mol. The number of benzene rings is 2. The van der Waals surface area contributed by atoms with Crippen LogP contribution >= 0.6 is 34.8 Å². The Morgan fingerprint density at radius 1 is 1.10 bits per heavy atom. The quantitative estimate of drug-likeness (QED) is 0.702. The Labute approximate surface area is 183 Å². The van der Waals surface area contributed by atoms with Crippen molar-refractivity contribution in [3.8, 4) is 5.75 Å². The van der Waals surface area contributed by atoms with Gasteiger partial charge in [0, 0.05) is 18.1 Å². The van der Waals surface area contributed by atoms with Gasteiger partial charge in [-0.3, -0.25) is 4.79 Å². The first-order valence-electron chi connectivity index (χ1n) is 8.46. The molecule has 1 saturated heterocycles. The van der Waals surface area contributed by atoms with Crippen LogP contribution in [0.2, 0.25) is 15.1 Å². The molecule has 2 aromatic rings. The number of methoxy groups -OCH3 is 1. The molecule has 7 nitrogen and oxygen atoms in total. The van der Waals surface area contributed by atoms with Gasteiger partial charge in [-0.2, -0.15) is 4.31 Å². The lowest BCUT2D eigenvalue weighted by Crippen LogP contribution is -2.40. The number of hydrogen-bond acceptors (Lipinski definition) is 5. The molecule has 1 aliphatic heterocycles. The van der Waals surface area contributed by atoms with E-state index in [-0.39, 0.29) is 46.8 Å². The summed E-state index contributed by atoms with van der Waals surface area (Å²) >= 11 is 18.3. The van der Waals surface area contributed by atoms with E-state index in [2.05, 4.69) is 5.32 Å². The summed E-state index contributed by atoms with van der Waals surface area (Å²) in [7, 11) is -2.48. The zero-order valence-electron chi connectivity index (χ0n) is 15.2. The molecular formula is C18H17Cl3N2O5S. The summed E-state index contributed by atoms with van der Waals surface area (Å²) in [4.78, 5) is 12.6. The SMILES string of the molecule is COc1ccc(Cl)cc1NC(=O)c1cc(S(=O)(=O)N2CCOCC2)c(Cl)cc1Cl. The number of sulfonamides is 1. The fraction of sp³-hybridized carbons (Fsp3) is 0.278. The molecule has 1 amide bonds. The second-order valence-corrected chi connectivity index (χ2v) is 9.23. The lowest BCUT2D eigenvalue weighted by molar-refractivity contribution is 0.0730. The van der Waals surface area contributed by atoms with Crippen molar-refractivity contribution in [2.45, 2.75) is 4.90 Å². The van der Waals surface area contributed by atoms with Crippen LogP contribution in [0.5, 0.6) is 5.75 Å². The molecule has 0 saturated carbocycles. The van der Waals surface area contributed by atoms with Gasteiger partial charge in [-0.15, -0.1) is 0 Å². The van der Waals surface area contributed by atoms with Crippen LogP contribution in [0.3, 0.4) is 0 Å². The van der Waals surface area contributed by atoms with Crippen LogP contribution in [0, 0.1) is 0 Å². The van der Waals surface area contributed by atoms with Crippen LogP contribution < -0.4 is 10.1 Å². The van der Waals surface area contributed by atoms with Gasteiger partial charge in [0.15, 0.2) is 0 Å². The number of ether oxygens (including phenoxy) is 2. The summed E-state index contributed by atoms with van der Waals surface area (Å²) in [5.74, 6) is -0.250. The Balaban J connectivity index is 1.97. The molecule has 2 aromatic carbocycles. The highest BCUT2D eigenvalue weighted by molar-refractivity contribution is 7.89. The number of hydrogen-bond donors (Lipinski definition) is 1. The van der Waals surface area contributed by atoms with E-state index in [0.717, 1.165) is 0 Å². The molecule has 0 spiro atoms. The first-order chi connectivity index (χ1) is 13.7. The van der Waals surface area contributed by atoms with Gasteiger partial charge < -0.3 is 14.8 Å². The van der Waals surface area contributed by atoms with Crippen molar-refractivity contribution in [3.63, 3.8) is 0 Å². The van der Waals surface area contributed by atoms with Gasteiger partial charge in [0.2, 0.25) is 10.0 Å². The van der Waals surface area contributed by atoms with Crippen LogP contribution in [-0.2, 0) is 14.8 Å². The van der Waals surface area contributed by atoms with E-state index in [9.17, 15) is 13.2 Å². The molecule has 0 radical (unpaired) electrons. The van der Waals surface area contributed by atoms with Crippen LogP contribution in [-0.4, -0.2) is 52.0 Å². The molecule has 3 rings (SSSR count). The molecule has 1 N–H and O–H groups in total. The minimum Gasteiger partial charge on any atom is -0.495 e. The second-order valence-electron chi connectivity index (χ2n) is 6.08. The highest BCUT2D eigenvalue weighted by Crippen LogP contribution is 2.33. The molecule has 29 heavy (non-hydrogen) atoms. The lowest BCUT2D eigenvalue weighted by atomic mass is 10.2. The van der Waals surface area contributed by atoms with Gasteiger partial charge in [-0.1, -0.05) is 34.8 Å². The first-order valence-corrected chi connectivity index (χ1v) is 11.0. The number of amides is 1. The van der Waals surface area contributed by atoms with Crippen molar-refractivity contribution in [1.29, 1.82) is 0 Å². The molecule has 0 aromatic heterocycles. The van der Waals surface area contributed by atoms with E-state index in [1.807, 2.05) is 0 Å². The van der Waals surface area contributed by atoms with Gasteiger partial charge in [0.05, 0.1) is 41.6 Å². The Hall–Kier alpha value is -1.55. The van der Waals surface area contributed by atoms with Gasteiger partial charge in [0.25, 0.3) is 5.91 Å². The van der Waals surface area contributed by atoms with Crippen molar-refractivity contribution in [1.82, 2.24) is 4.31 Å². The van der Waals surface area contributed by atoms with Crippen LogP contribution in [0.15, 0.2) is 35.2 Å². The normalized spacial score (nSPS) is 15.2. The number of rotatable bonds is 5. The first kappa shape index (κ1) is 22.1. The average molecular weight is 480 g/mol. The minimum atomic E-state index is -3.92. The number of halogens is 3. The topological polar surface area (TPSA) is 84.9 Å². The maximum atomic E-state index is 13.0. The standard InChI is InChI=1S/C18H17Cl3N2O5S/c1-27-16-3-2-11(19)8-15(16)22-18(24)12-9-17(14(21)10-13(12)20)29(25,26)23-4-6-28-7-5-23/h2-3,8-10H,4-7H2,1H3,(H,22,24). The van der Waals surface area contributed by atoms with Gasteiger partial charge >= 0.3 is 0 Å². The highest BCUT2D eigenvalue weighted by Gasteiger charge is 2.30. The third-order valence-corrected chi connectivity index (χ3v) is 7.17. The largest absolute Gasteiger partial charge is 0.495 e. The molecule has 0 unspecified atom stereocenters. The third kappa shape index (κ3) is 4.79. The van der Waals surface area contributed by atoms with Gasteiger partial charge in [0.1, 0.15) is 10.6 Å². The summed E-state index contributed by atoms with van der Waals surface area (Å²) in [5, 5.41) is 2.96. The molecule has 0 aliphatic carbocycles. The van der Waals surface area contributed by atoms with Crippen molar-refractivity contribution < 1.29 is 22.7 Å². The van der Waals surface area contributed by atoms with E-state index < -0.39 is 15.9 Å². The molecule has 156 valence electrons. The van der Waals surface area contributed by atoms with Crippen molar-refractivity contribution >= 4 is 56.4 Å². The fourth-order valence-electron chi connectivity index (χ4n) is 2.79. The summed E-state index contributed by atoms with van der Waals surface area (Å²) in [6.07, 6.45) is 0. The van der Waals surface area contributed by atoms with Gasteiger partial charge in [-0.25, -0.2) is 8.42 Å². The smallest absolute Gasteiger partial charge is 0.257 e. The molecule has 1 fully saturated rings. The Morgan fingerprint density at radius 3 is 2.45 bits per heavy atom. The third-order valence-electron chi connectivity index (χ3n) is 4.26. The Morgan fingerprint density at radius 2 is 1.79 bits per heavy atom. The highest BCUT2D eigenvalue weighted by atomic mass is 35.5. The Kier molecular flexibility index (Phi) is 6.93. The number of carbonyl (C=O) groups is 1.